The second kappa shape index (κ2) is 7.81. The number of β-amino-alcohol motifs (C(OH)–C–C–N with tert-alkyl or cyclic N) is 1. The van der Waals surface area contributed by atoms with Gasteiger partial charge in [-0.15, -0.1) is 0 Å². The summed E-state index contributed by atoms with van der Waals surface area (Å²) in [4.78, 5) is 6.85. The van der Waals surface area contributed by atoms with Gasteiger partial charge in [0.1, 0.15) is 0 Å². The first-order valence-electron chi connectivity index (χ1n) is 9.12. The normalized spacial score (nSPS) is 18.3. The third kappa shape index (κ3) is 3.84. The highest BCUT2D eigenvalue weighted by molar-refractivity contribution is 5.37. The third-order valence-corrected chi connectivity index (χ3v) is 4.85. The minimum Gasteiger partial charge on any atom is -0.392 e. The summed E-state index contributed by atoms with van der Waals surface area (Å²) in [6, 6.07) is 20.5. The van der Waals surface area contributed by atoms with Crippen LogP contribution in [-0.4, -0.2) is 39.3 Å². The van der Waals surface area contributed by atoms with Gasteiger partial charge in [0.15, 0.2) is 5.82 Å². The molecule has 2 aromatic carbocycles. The largest absolute Gasteiger partial charge is 0.392 e. The maximum Gasteiger partial charge on any atom is 0.240 e. The van der Waals surface area contributed by atoms with E-state index in [1.165, 1.54) is 0 Å². The average Bonchev–Trinajstić information content (AvgIpc) is 3.12. The molecule has 1 atom stereocenters. The third-order valence-electron chi connectivity index (χ3n) is 4.85. The van der Waals surface area contributed by atoms with Crippen LogP contribution >= 0.6 is 0 Å². The minimum absolute atomic E-state index is 0.0538. The van der Waals surface area contributed by atoms with Gasteiger partial charge in [-0.2, -0.15) is 4.98 Å². The topological polar surface area (TPSA) is 62.4 Å². The summed E-state index contributed by atoms with van der Waals surface area (Å²) in [5, 5.41) is 14.1. The zero-order valence-electron chi connectivity index (χ0n) is 14.7. The van der Waals surface area contributed by atoms with Crippen LogP contribution in [0.4, 0.5) is 0 Å². The van der Waals surface area contributed by atoms with Crippen molar-refractivity contribution in [1.29, 1.82) is 0 Å². The fraction of sp³-hybridized carbons (Fsp3) is 0.333. The standard InChI is InChI=1S/C21H23N3O2/c25-18-12-7-13-24(14-18)15-19-22-21(23-26-19)20(16-8-3-1-4-9-16)17-10-5-2-6-11-17/h1-6,8-11,18,20,25H,7,12-15H2. The molecule has 0 radical (unpaired) electrons. The molecule has 0 aliphatic carbocycles. The number of aromatic nitrogens is 2. The molecule has 26 heavy (non-hydrogen) atoms. The van der Waals surface area contributed by atoms with Gasteiger partial charge in [0.2, 0.25) is 5.89 Å². The van der Waals surface area contributed by atoms with Crippen molar-refractivity contribution >= 4 is 0 Å². The molecule has 1 saturated heterocycles. The molecule has 1 aliphatic rings. The Labute approximate surface area is 153 Å². The molecule has 1 fully saturated rings. The molecule has 4 rings (SSSR count). The first-order valence-corrected chi connectivity index (χ1v) is 9.12. The number of hydrogen-bond donors (Lipinski definition) is 1. The van der Waals surface area contributed by atoms with Crippen molar-refractivity contribution < 1.29 is 9.63 Å². The molecule has 134 valence electrons. The van der Waals surface area contributed by atoms with Gasteiger partial charge < -0.3 is 9.63 Å². The van der Waals surface area contributed by atoms with E-state index in [1.54, 1.807) is 0 Å². The van der Waals surface area contributed by atoms with Crippen molar-refractivity contribution in [3.63, 3.8) is 0 Å². The number of rotatable bonds is 5. The number of likely N-dealkylation sites (tertiary alicyclic amines) is 1. The Balaban J connectivity index is 1.60. The van der Waals surface area contributed by atoms with Crippen molar-refractivity contribution in [2.75, 3.05) is 13.1 Å². The number of piperidine rings is 1. The van der Waals surface area contributed by atoms with Crippen LogP contribution in [0.5, 0.6) is 0 Å². The molecule has 0 spiro atoms. The van der Waals surface area contributed by atoms with Gasteiger partial charge in [-0.3, -0.25) is 4.90 Å². The van der Waals surface area contributed by atoms with E-state index in [9.17, 15) is 5.11 Å². The predicted octanol–water partition coefficient (Wildman–Crippen LogP) is 3.21. The Kier molecular flexibility index (Phi) is 5.09. The number of aliphatic hydroxyl groups is 1. The summed E-state index contributed by atoms with van der Waals surface area (Å²) in [7, 11) is 0. The number of hydrogen-bond acceptors (Lipinski definition) is 5. The lowest BCUT2D eigenvalue weighted by molar-refractivity contribution is 0.0613. The van der Waals surface area contributed by atoms with Gasteiger partial charge in [-0.05, 0) is 30.5 Å². The number of aliphatic hydroxyl groups excluding tert-OH is 1. The molecule has 0 bridgehead atoms. The second-order valence-corrected chi connectivity index (χ2v) is 6.83. The van der Waals surface area contributed by atoms with Crippen LogP contribution in [-0.2, 0) is 6.54 Å². The predicted molar refractivity (Wildman–Crippen MR) is 98.6 cm³/mol. The molecular weight excluding hydrogens is 326 g/mol. The molecule has 2 heterocycles. The van der Waals surface area contributed by atoms with Crippen LogP contribution < -0.4 is 0 Å². The van der Waals surface area contributed by atoms with E-state index < -0.39 is 0 Å². The molecule has 0 saturated carbocycles. The molecule has 1 aliphatic heterocycles. The van der Waals surface area contributed by atoms with E-state index in [4.69, 9.17) is 4.52 Å². The lowest BCUT2D eigenvalue weighted by Gasteiger charge is -2.28. The summed E-state index contributed by atoms with van der Waals surface area (Å²) in [5.41, 5.74) is 2.28. The average molecular weight is 349 g/mol. The maximum atomic E-state index is 9.84. The summed E-state index contributed by atoms with van der Waals surface area (Å²) >= 11 is 0. The summed E-state index contributed by atoms with van der Waals surface area (Å²) < 4.78 is 5.54. The summed E-state index contributed by atoms with van der Waals surface area (Å²) in [6.45, 7) is 2.20. The highest BCUT2D eigenvalue weighted by Gasteiger charge is 2.24. The zero-order chi connectivity index (χ0) is 17.8. The van der Waals surface area contributed by atoms with Crippen LogP contribution in [0.2, 0.25) is 0 Å². The maximum absolute atomic E-state index is 9.84. The highest BCUT2D eigenvalue weighted by Crippen LogP contribution is 2.30. The first-order chi connectivity index (χ1) is 12.8. The molecule has 0 amide bonds. The first kappa shape index (κ1) is 16.9. The summed E-state index contributed by atoms with van der Waals surface area (Å²) in [6.07, 6.45) is 1.61. The number of nitrogens with zero attached hydrogens (tertiary/aromatic N) is 3. The smallest absolute Gasteiger partial charge is 0.240 e. The van der Waals surface area contributed by atoms with Crippen LogP contribution in [0.1, 0.15) is 41.6 Å². The van der Waals surface area contributed by atoms with Gasteiger partial charge >= 0.3 is 0 Å². The molecule has 5 nitrogen and oxygen atoms in total. The zero-order valence-corrected chi connectivity index (χ0v) is 14.7. The minimum atomic E-state index is -0.257. The Morgan fingerprint density at radius 2 is 1.69 bits per heavy atom. The van der Waals surface area contributed by atoms with E-state index in [0.717, 1.165) is 30.5 Å². The van der Waals surface area contributed by atoms with Gasteiger partial charge in [-0.1, -0.05) is 65.8 Å². The van der Waals surface area contributed by atoms with Crippen LogP contribution in [0.3, 0.4) is 0 Å². The van der Waals surface area contributed by atoms with Crippen LogP contribution in [0.25, 0.3) is 0 Å². The highest BCUT2D eigenvalue weighted by atomic mass is 16.5. The van der Waals surface area contributed by atoms with E-state index in [-0.39, 0.29) is 12.0 Å². The van der Waals surface area contributed by atoms with Gasteiger partial charge in [0, 0.05) is 6.54 Å². The molecule has 3 aromatic rings. The molecular formula is C21H23N3O2. The Morgan fingerprint density at radius 3 is 2.31 bits per heavy atom. The van der Waals surface area contributed by atoms with Crippen LogP contribution in [0.15, 0.2) is 65.2 Å². The Bertz CT molecular complexity index is 780. The van der Waals surface area contributed by atoms with Crippen molar-refractivity contribution in [3.8, 4) is 0 Å². The fourth-order valence-electron chi connectivity index (χ4n) is 3.60. The van der Waals surface area contributed by atoms with Gasteiger partial charge in [0.05, 0.1) is 18.6 Å². The van der Waals surface area contributed by atoms with E-state index >= 15 is 0 Å². The Morgan fingerprint density at radius 1 is 1.04 bits per heavy atom. The van der Waals surface area contributed by atoms with Gasteiger partial charge in [0.25, 0.3) is 0 Å². The van der Waals surface area contributed by atoms with Crippen molar-refractivity contribution in [2.24, 2.45) is 0 Å². The van der Waals surface area contributed by atoms with Crippen LogP contribution in [0, 0.1) is 0 Å². The lowest BCUT2D eigenvalue weighted by Crippen LogP contribution is -2.37. The molecule has 1 N–H and O–H groups in total. The second-order valence-electron chi connectivity index (χ2n) is 6.83. The SMILES string of the molecule is OC1CCCN(Cc2nc(C(c3ccccc3)c3ccccc3)no2)C1. The van der Waals surface area contributed by atoms with Crippen molar-refractivity contribution in [1.82, 2.24) is 15.0 Å². The molecule has 1 unspecified atom stereocenters. The van der Waals surface area contributed by atoms with Crippen molar-refractivity contribution in [2.45, 2.75) is 31.4 Å². The van der Waals surface area contributed by atoms with E-state index in [0.29, 0.717) is 24.8 Å². The summed E-state index contributed by atoms with van der Waals surface area (Å²) in [5.74, 6) is 1.22. The molecule has 1 aromatic heterocycles. The van der Waals surface area contributed by atoms with E-state index in [2.05, 4.69) is 39.3 Å². The van der Waals surface area contributed by atoms with Crippen molar-refractivity contribution in [3.05, 3.63) is 83.5 Å². The van der Waals surface area contributed by atoms with E-state index in [1.807, 2.05) is 36.4 Å². The quantitative estimate of drug-likeness (QED) is 0.766. The van der Waals surface area contributed by atoms with Gasteiger partial charge in [-0.25, -0.2) is 0 Å². The number of benzene rings is 2. The monoisotopic (exact) mass is 349 g/mol. The fourth-order valence-corrected chi connectivity index (χ4v) is 3.60. The lowest BCUT2D eigenvalue weighted by atomic mass is 9.91. The Hall–Kier alpha value is -2.50. The molecule has 5 heteroatoms.